The standard InChI is InChI=1S/C8H8FN/c1-3-7-4-6(2)10-8(9)5-7/h3-5H,1H2,2H3. The fourth-order valence-electron chi connectivity index (χ4n) is 0.771. The maximum Gasteiger partial charge on any atom is 0.213 e. The van der Waals surface area contributed by atoms with Gasteiger partial charge < -0.3 is 0 Å². The van der Waals surface area contributed by atoms with E-state index in [-0.39, 0.29) is 0 Å². The van der Waals surface area contributed by atoms with Crippen LogP contribution in [0.15, 0.2) is 18.7 Å². The molecular weight excluding hydrogens is 129 g/mol. The van der Waals surface area contributed by atoms with Gasteiger partial charge in [0.15, 0.2) is 0 Å². The predicted octanol–water partition coefficient (Wildman–Crippen LogP) is 2.17. The van der Waals surface area contributed by atoms with Gasteiger partial charge in [-0.2, -0.15) is 4.39 Å². The van der Waals surface area contributed by atoms with E-state index in [1.165, 1.54) is 6.07 Å². The summed E-state index contributed by atoms with van der Waals surface area (Å²) in [5.74, 6) is -0.449. The molecule has 0 fully saturated rings. The minimum absolute atomic E-state index is 0.449. The Morgan fingerprint density at radius 1 is 1.60 bits per heavy atom. The molecule has 0 saturated carbocycles. The molecule has 1 nitrogen and oxygen atoms in total. The first kappa shape index (κ1) is 6.93. The summed E-state index contributed by atoms with van der Waals surface area (Å²) < 4.78 is 12.5. The molecule has 0 aromatic carbocycles. The van der Waals surface area contributed by atoms with Crippen molar-refractivity contribution < 1.29 is 4.39 Å². The lowest BCUT2D eigenvalue weighted by atomic mass is 10.2. The highest BCUT2D eigenvalue weighted by molar-refractivity contribution is 5.46. The second-order valence-corrected chi connectivity index (χ2v) is 2.07. The molecule has 0 amide bonds. The highest BCUT2D eigenvalue weighted by Crippen LogP contribution is 2.04. The van der Waals surface area contributed by atoms with Gasteiger partial charge in [-0.05, 0) is 18.6 Å². The molecule has 0 aliphatic heterocycles. The van der Waals surface area contributed by atoms with Gasteiger partial charge >= 0.3 is 0 Å². The summed E-state index contributed by atoms with van der Waals surface area (Å²) in [6.45, 7) is 5.26. The molecule has 0 bridgehead atoms. The van der Waals surface area contributed by atoms with Crippen molar-refractivity contribution in [2.24, 2.45) is 0 Å². The maximum atomic E-state index is 12.5. The van der Waals surface area contributed by atoms with Crippen LogP contribution in [0.3, 0.4) is 0 Å². The first-order valence-corrected chi connectivity index (χ1v) is 2.99. The van der Waals surface area contributed by atoms with Crippen molar-refractivity contribution in [1.82, 2.24) is 4.98 Å². The Morgan fingerprint density at radius 3 is 2.80 bits per heavy atom. The maximum absolute atomic E-state index is 12.5. The highest BCUT2D eigenvalue weighted by Gasteiger charge is 1.93. The zero-order valence-electron chi connectivity index (χ0n) is 5.76. The highest BCUT2D eigenvalue weighted by atomic mass is 19.1. The summed E-state index contributed by atoms with van der Waals surface area (Å²) >= 11 is 0. The Labute approximate surface area is 59.2 Å². The molecule has 1 aromatic rings. The molecule has 1 aromatic heterocycles. The van der Waals surface area contributed by atoms with Crippen LogP contribution in [0.2, 0.25) is 0 Å². The van der Waals surface area contributed by atoms with Gasteiger partial charge in [-0.3, -0.25) is 0 Å². The number of rotatable bonds is 1. The van der Waals surface area contributed by atoms with Crippen molar-refractivity contribution in [3.05, 3.63) is 35.9 Å². The van der Waals surface area contributed by atoms with Gasteiger partial charge in [-0.15, -0.1) is 0 Å². The van der Waals surface area contributed by atoms with Gasteiger partial charge in [0.2, 0.25) is 5.95 Å². The Hall–Kier alpha value is -1.18. The van der Waals surface area contributed by atoms with Gasteiger partial charge in [0.1, 0.15) is 0 Å². The van der Waals surface area contributed by atoms with E-state index >= 15 is 0 Å². The van der Waals surface area contributed by atoms with E-state index in [9.17, 15) is 4.39 Å². The van der Waals surface area contributed by atoms with E-state index in [2.05, 4.69) is 11.6 Å². The molecule has 0 aliphatic rings. The average molecular weight is 137 g/mol. The van der Waals surface area contributed by atoms with Crippen LogP contribution in [-0.4, -0.2) is 4.98 Å². The summed E-state index contributed by atoms with van der Waals surface area (Å²) in [6, 6.07) is 3.12. The SMILES string of the molecule is C=Cc1cc(C)nc(F)c1. The number of halogens is 1. The summed E-state index contributed by atoms with van der Waals surface area (Å²) in [6.07, 6.45) is 1.60. The molecule has 0 saturated heterocycles. The molecule has 0 aliphatic carbocycles. The van der Waals surface area contributed by atoms with Gasteiger partial charge in [-0.25, -0.2) is 4.98 Å². The minimum Gasteiger partial charge on any atom is -0.225 e. The lowest BCUT2D eigenvalue weighted by Crippen LogP contribution is -1.87. The fourth-order valence-corrected chi connectivity index (χ4v) is 0.771. The molecule has 0 spiro atoms. The van der Waals surface area contributed by atoms with Crippen molar-refractivity contribution in [1.29, 1.82) is 0 Å². The van der Waals surface area contributed by atoms with Gasteiger partial charge in [0, 0.05) is 11.8 Å². The molecular formula is C8H8FN. The van der Waals surface area contributed by atoms with Crippen molar-refractivity contribution in [3.8, 4) is 0 Å². The molecule has 0 unspecified atom stereocenters. The van der Waals surface area contributed by atoms with Crippen LogP contribution in [0, 0.1) is 12.9 Å². The molecule has 1 rings (SSSR count). The van der Waals surface area contributed by atoms with E-state index in [0.29, 0.717) is 5.69 Å². The first-order valence-electron chi connectivity index (χ1n) is 2.99. The van der Waals surface area contributed by atoms with Crippen LogP contribution < -0.4 is 0 Å². The van der Waals surface area contributed by atoms with Gasteiger partial charge in [-0.1, -0.05) is 12.7 Å². The second-order valence-electron chi connectivity index (χ2n) is 2.07. The van der Waals surface area contributed by atoms with E-state index < -0.39 is 5.95 Å². The number of aromatic nitrogens is 1. The third-order valence-corrected chi connectivity index (χ3v) is 1.18. The summed E-state index contributed by atoms with van der Waals surface area (Å²) in [5, 5.41) is 0. The summed E-state index contributed by atoms with van der Waals surface area (Å²) in [4.78, 5) is 3.57. The number of aryl methyl sites for hydroxylation is 1. The van der Waals surface area contributed by atoms with Crippen molar-refractivity contribution in [3.63, 3.8) is 0 Å². The monoisotopic (exact) mass is 137 g/mol. The van der Waals surface area contributed by atoms with Crippen molar-refractivity contribution in [2.45, 2.75) is 6.92 Å². The lowest BCUT2D eigenvalue weighted by Gasteiger charge is -1.94. The van der Waals surface area contributed by atoms with Gasteiger partial charge in [0.05, 0.1) is 0 Å². The molecule has 2 heteroatoms. The zero-order valence-corrected chi connectivity index (χ0v) is 5.76. The van der Waals surface area contributed by atoms with Crippen LogP contribution in [-0.2, 0) is 0 Å². The molecule has 0 N–H and O–H groups in total. The molecule has 0 atom stereocenters. The molecule has 1 heterocycles. The molecule has 10 heavy (non-hydrogen) atoms. The topological polar surface area (TPSA) is 12.9 Å². The number of pyridine rings is 1. The normalized spacial score (nSPS) is 9.40. The molecule has 0 radical (unpaired) electrons. The lowest BCUT2D eigenvalue weighted by molar-refractivity contribution is 0.579. The smallest absolute Gasteiger partial charge is 0.213 e. The van der Waals surface area contributed by atoms with Crippen LogP contribution in [0.1, 0.15) is 11.3 Å². The zero-order chi connectivity index (χ0) is 7.56. The van der Waals surface area contributed by atoms with Crippen LogP contribution in [0.4, 0.5) is 4.39 Å². The number of hydrogen-bond donors (Lipinski definition) is 0. The third-order valence-electron chi connectivity index (χ3n) is 1.18. The number of hydrogen-bond acceptors (Lipinski definition) is 1. The van der Waals surface area contributed by atoms with Crippen molar-refractivity contribution in [2.75, 3.05) is 0 Å². The fraction of sp³-hybridized carbons (Fsp3) is 0.125. The quantitative estimate of drug-likeness (QED) is 0.540. The first-order chi connectivity index (χ1) is 4.72. The largest absolute Gasteiger partial charge is 0.225 e. The van der Waals surface area contributed by atoms with E-state index in [1.807, 2.05) is 0 Å². The summed E-state index contributed by atoms with van der Waals surface area (Å²) in [7, 11) is 0. The van der Waals surface area contributed by atoms with Crippen LogP contribution >= 0.6 is 0 Å². The second kappa shape index (κ2) is 2.60. The number of nitrogens with zero attached hydrogens (tertiary/aromatic N) is 1. The van der Waals surface area contributed by atoms with Crippen LogP contribution in [0.25, 0.3) is 6.08 Å². The molecule has 52 valence electrons. The van der Waals surface area contributed by atoms with Crippen LogP contribution in [0.5, 0.6) is 0 Å². The van der Waals surface area contributed by atoms with Gasteiger partial charge in [0.25, 0.3) is 0 Å². The Morgan fingerprint density at radius 2 is 2.30 bits per heavy atom. The Bertz CT molecular complexity index is 235. The predicted molar refractivity (Wildman–Crippen MR) is 39.0 cm³/mol. The Kier molecular flexibility index (Phi) is 1.81. The van der Waals surface area contributed by atoms with Crippen molar-refractivity contribution >= 4 is 6.08 Å². The van der Waals surface area contributed by atoms with E-state index in [0.717, 1.165) is 5.56 Å². The minimum atomic E-state index is -0.449. The third kappa shape index (κ3) is 1.41. The Balaban J connectivity index is 3.18. The van der Waals surface area contributed by atoms with E-state index in [1.54, 1.807) is 19.1 Å². The van der Waals surface area contributed by atoms with E-state index in [4.69, 9.17) is 0 Å². The average Bonchev–Trinajstić information content (AvgIpc) is 1.85. The summed E-state index contributed by atoms with van der Waals surface area (Å²) in [5.41, 5.74) is 1.44.